The van der Waals surface area contributed by atoms with Gasteiger partial charge in [-0.1, -0.05) is 6.07 Å². The normalized spacial score (nSPS) is 10.2. The zero-order valence-electron chi connectivity index (χ0n) is 6.57. The molecule has 1 N–H and O–H groups in total. The number of amides is 1. The molecule has 2 heterocycles. The Hall–Kier alpha value is -1.11. The third kappa shape index (κ3) is 1.39. The highest BCUT2D eigenvalue weighted by Gasteiger charge is 2.10. The summed E-state index contributed by atoms with van der Waals surface area (Å²) >= 11 is 1.80. The van der Waals surface area contributed by atoms with Gasteiger partial charge in [-0.05, 0) is 12.1 Å². The van der Waals surface area contributed by atoms with Gasteiger partial charge in [-0.2, -0.15) is 0 Å². The van der Waals surface area contributed by atoms with E-state index in [0.717, 1.165) is 5.52 Å². The number of rotatable bonds is 1. The predicted molar refractivity (Wildman–Crippen MR) is 56.7 cm³/mol. The summed E-state index contributed by atoms with van der Waals surface area (Å²) in [5, 5.41) is 0. The number of carbonyl (C=O) groups is 1. The Bertz CT molecular complexity index is 451. The van der Waals surface area contributed by atoms with Crippen LogP contribution in [0.25, 0.3) is 5.52 Å². The maximum atomic E-state index is 11.3. The number of hydrogen-bond donors (Lipinski definition) is 1. The van der Waals surface area contributed by atoms with Crippen LogP contribution in [0.5, 0.6) is 0 Å². The number of nitrogens with zero attached hydrogens (tertiary/aromatic N) is 2. The Morgan fingerprint density at radius 1 is 1.54 bits per heavy atom. The van der Waals surface area contributed by atoms with Gasteiger partial charge in [0.25, 0.3) is 5.91 Å². The zero-order chi connectivity index (χ0) is 9.26. The highest BCUT2D eigenvalue weighted by atomic mass is 127. The van der Waals surface area contributed by atoms with Crippen molar-refractivity contribution >= 4 is 34.3 Å². The van der Waals surface area contributed by atoms with E-state index in [-0.39, 0.29) is 5.91 Å². The fraction of sp³-hybridized carbons (Fsp3) is 0. The van der Waals surface area contributed by atoms with Crippen molar-refractivity contribution in [1.29, 1.82) is 0 Å². The van der Waals surface area contributed by atoms with Gasteiger partial charge in [0.1, 0.15) is 6.33 Å². The Kier molecular flexibility index (Phi) is 2.17. The fourth-order valence-electron chi connectivity index (χ4n) is 1.16. The van der Waals surface area contributed by atoms with Gasteiger partial charge in [-0.25, -0.2) is 4.98 Å². The van der Waals surface area contributed by atoms with Crippen molar-refractivity contribution in [3.8, 4) is 0 Å². The van der Waals surface area contributed by atoms with Crippen molar-refractivity contribution < 1.29 is 4.79 Å². The number of carbonyl (C=O) groups excluding carboxylic acids is 1. The van der Waals surface area contributed by atoms with E-state index in [1.54, 1.807) is 33.6 Å². The minimum atomic E-state index is -0.172. The molecule has 1 amide bonds. The molecule has 13 heavy (non-hydrogen) atoms. The maximum absolute atomic E-state index is 11.3. The van der Waals surface area contributed by atoms with E-state index in [1.807, 2.05) is 24.4 Å². The molecular weight excluding hydrogens is 281 g/mol. The van der Waals surface area contributed by atoms with Crippen molar-refractivity contribution in [1.82, 2.24) is 12.9 Å². The van der Waals surface area contributed by atoms with Crippen LogP contribution in [0.3, 0.4) is 0 Å². The third-order valence-corrected chi connectivity index (χ3v) is 2.23. The molecule has 2 aromatic rings. The number of nitrogens with one attached hydrogen (secondary N) is 1. The zero-order valence-corrected chi connectivity index (χ0v) is 8.72. The Labute approximate surface area is 88.5 Å². The molecular formula is C8H6IN3O. The Morgan fingerprint density at radius 3 is 3.15 bits per heavy atom. The molecule has 2 aromatic heterocycles. The van der Waals surface area contributed by atoms with Crippen LogP contribution in [0.2, 0.25) is 0 Å². The Morgan fingerprint density at radius 2 is 2.38 bits per heavy atom. The summed E-state index contributed by atoms with van der Waals surface area (Å²) in [5.74, 6) is -0.172. The van der Waals surface area contributed by atoms with Crippen LogP contribution in [-0.4, -0.2) is 15.3 Å². The first-order valence-corrected chi connectivity index (χ1v) is 4.73. The summed E-state index contributed by atoms with van der Waals surface area (Å²) in [5.41, 5.74) is 1.27. The molecule has 0 unspecified atom stereocenters. The van der Waals surface area contributed by atoms with E-state index >= 15 is 0 Å². The smallest absolute Gasteiger partial charge is 0.280 e. The molecule has 0 aliphatic carbocycles. The van der Waals surface area contributed by atoms with Crippen LogP contribution in [0.4, 0.5) is 0 Å². The Balaban J connectivity index is 2.64. The van der Waals surface area contributed by atoms with Gasteiger partial charge in [-0.3, -0.25) is 8.32 Å². The third-order valence-electron chi connectivity index (χ3n) is 1.74. The number of imidazole rings is 1. The second-order valence-corrected chi connectivity index (χ2v) is 3.05. The molecule has 0 radical (unpaired) electrons. The summed E-state index contributed by atoms with van der Waals surface area (Å²) in [7, 11) is 0. The number of halogens is 1. The first-order chi connectivity index (χ1) is 6.33. The van der Waals surface area contributed by atoms with Crippen molar-refractivity contribution in [2.24, 2.45) is 0 Å². The highest BCUT2D eigenvalue weighted by Crippen LogP contribution is 2.08. The van der Waals surface area contributed by atoms with Crippen molar-refractivity contribution in [3.63, 3.8) is 0 Å². The van der Waals surface area contributed by atoms with Crippen LogP contribution in [0, 0.1) is 0 Å². The largest absolute Gasteiger partial charge is 0.305 e. The summed E-state index contributed by atoms with van der Waals surface area (Å²) in [6.07, 6.45) is 3.48. The molecule has 0 saturated carbocycles. The van der Waals surface area contributed by atoms with E-state index in [9.17, 15) is 4.79 Å². The maximum Gasteiger partial charge on any atom is 0.280 e. The lowest BCUT2D eigenvalue weighted by molar-refractivity contribution is 0.0987. The summed E-state index contributed by atoms with van der Waals surface area (Å²) in [6, 6.07) is 5.62. The first kappa shape index (κ1) is 8.49. The second kappa shape index (κ2) is 3.33. The minimum absolute atomic E-state index is 0.172. The molecule has 0 atom stereocenters. The average Bonchev–Trinajstić information content (AvgIpc) is 2.60. The number of aromatic nitrogens is 2. The molecule has 66 valence electrons. The second-order valence-electron chi connectivity index (χ2n) is 2.51. The van der Waals surface area contributed by atoms with Crippen LogP contribution in [-0.2, 0) is 0 Å². The van der Waals surface area contributed by atoms with Gasteiger partial charge < -0.3 is 4.40 Å². The van der Waals surface area contributed by atoms with Crippen molar-refractivity contribution in [2.45, 2.75) is 0 Å². The van der Waals surface area contributed by atoms with Gasteiger partial charge in [0.2, 0.25) is 0 Å². The van der Waals surface area contributed by atoms with Gasteiger partial charge in [-0.15, -0.1) is 0 Å². The monoisotopic (exact) mass is 287 g/mol. The van der Waals surface area contributed by atoms with Gasteiger partial charge in [0.15, 0.2) is 5.69 Å². The molecule has 0 fully saturated rings. The molecule has 0 aromatic carbocycles. The van der Waals surface area contributed by atoms with Gasteiger partial charge in [0.05, 0.1) is 28.4 Å². The highest BCUT2D eigenvalue weighted by molar-refractivity contribution is 14.1. The molecule has 0 aliphatic heterocycles. The van der Waals surface area contributed by atoms with Gasteiger partial charge >= 0.3 is 0 Å². The first-order valence-electron chi connectivity index (χ1n) is 3.65. The quantitative estimate of drug-likeness (QED) is 0.637. The van der Waals surface area contributed by atoms with E-state index in [4.69, 9.17) is 0 Å². The lowest BCUT2D eigenvalue weighted by Gasteiger charge is -1.94. The van der Waals surface area contributed by atoms with Crippen molar-refractivity contribution in [2.75, 3.05) is 0 Å². The number of fused-ring (bicyclic) bond motifs is 1. The standard InChI is InChI=1S/C8H6IN3O/c9-11-8(13)7-6-3-1-2-4-12(6)5-10-7/h1-5H,(H,11,13). The fourth-order valence-corrected chi connectivity index (χ4v) is 1.42. The topological polar surface area (TPSA) is 46.4 Å². The summed E-state index contributed by atoms with van der Waals surface area (Å²) < 4.78 is 4.32. The lowest BCUT2D eigenvalue weighted by atomic mass is 10.3. The molecule has 0 spiro atoms. The minimum Gasteiger partial charge on any atom is -0.305 e. The van der Waals surface area contributed by atoms with E-state index in [2.05, 4.69) is 8.51 Å². The molecule has 0 aliphatic rings. The molecule has 5 heteroatoms. The molecule has 0 bridgehead atoms. The van der Waals surface area contributed by atoms with E-state index < -0.39 is 0 Å². The number of hydrogen-bond acceptors (Lipinski definition) is 2. The number of pyridine rings is 1. The van der Waals surface area contributed by atoms with Crippen LogP contribution in [0.1, 0.15) is 10.5 Å². The molecule has 4 nitrogen and oxygen atoms in total. The summed E-state index contributed by atoms with van der Waals surface area (Å²) in [4.78, 5) is 15.3. The van der Waals surface area contributed by atoms with Crippen LogP contribution < -0.4 is 3.53 Å². The lowest BCUT2D eigenvalue weighted by Crippen LogP contribution is -2.12. The van der Waals surface area contributed by atoms with E-state index in [1.165, 1.54) is 0 Å². The SMILES string of the molecule is O=C(NI)c1ncn2ccccc12. The van der Waals surface area contributed by atoms with Crippen LogP contribution in [0.15, 0.2) is 30.7 Å². The molecule has 0 saturated heterocycles. The van der Waals surface area contributed by atoms with Gasteiger partial charge in [0, 0.05) is 6.20 Å². The van der Waals surface area contributed by atoms with Crippen LogP contribution >= 0.6 is 22.9 Å². The average molecular weight is 287 g/mol. The van der Waals surface area contributed by atoms with E-state index in [0.29, 0.717) is 5.69 Å². The predicted octanol–water partition coefficient (Wildman–Crippen LogP) is 1.41. The summed E-state index contributed by atoms with van der Waals surface area (Å²) in [6.45, 7) is 0. The molecule has 2 rings (SSSR count). The van der Waals surface area contributed by atoms with Crippen molar-refractivity contribution in [3.05, 3.63) is 36.4 Å².